The van der Waals surface area contributed by atoms with Crippen molar-refractivity contribution in [2.24, 2.45) is 0 Å². The molecule has 0 fully saturated rings. The third-order valence-corrected chi connectivity index (χ3v) is 5.87. The highest BCUT2D eigenvalue weighted by atomic mass is 32.2. The number of anilines is 1. The van der Waals surface area contributed by atoms with Gasteiger partial charge in [-0.25, -0.2) is 4.98 Å². The van der Waals surface area contributed by atoms with Crippen LogP contribution in [0, 0.1) is 0 Å². The molecule has 6 nitrogen and oxygen atoms in total. The lowest BCUT2D eigenvalue weighted by Crippen LogP contribution is -2.14. The van der Waals surface area contributed by atoms with Crippen LogP contribution in [0.4, 0.5) is 5.69 Å². The zero-order valence-corrected chi connectivity index (χ0v) is 18.2. The summed E-state index contributed by atoms with van der Waals surface area (Å²) in [7, 11) is 3.27. The van der Waals surface area contributed by atoms with E-state index in [4.69, 9.17) is 9.47 Å². The number of thioether (sulfide) groups is 1. The molecule has 0 saturated heterocycles. The Morgan fingerprint density at radius 2 is 1.84 bits per heavy atom. The lowest BCUT2D eigenvalue weighted by Gasteiger charge is -2.09. The Morgan fingerprint density at radius 1 is 1.03 bits per heavy atom. The fourth-order valence-electron chi connectivity index (χ4n) is 3.31. The second-order valence-electron chi connectivity index (χ2n) is 6.91. The Hall–Kier alpha value is -3.45. The van der Waals surface area contributed by atoms with Crippen molar-refractivity contribution in [1.82, 2.24) is 9.55 Å². The van der Waals surface area contributed by atoms with Gasteiger partial charge < -0.3 is 19.4 Å². The molecule has 0 aliphatic heterocycles. The first kappa shape index (κ1) is 20.8. The van der Waals surface area contributed by atoms with Crippen molar-refractivity contribution in [1.29, 1.82) is 0 Å². The van der Waals surface area contributed by atoms with Gasteiger partial charge in [0.05, 0.1) is 25.5 Å². The van der Waals surface area contributed by atoms with E-state index in [0.717, 1.165) is 28.2 Å². The van der Waals surface area contributed by atoms with E-state index in [1.807, 2.05) is 42.5 Å². The predicted molar refractivity (Wildman–Crippen MR) is 124 cm³/mol. The van der Waals surface area contributed by atoms with E-state index >= 15 is 0 Å². The summed E-state index contributed by atoms with van der Waals surface area (Å²) in [5.74, 6) is 1.73. The van der Waals surface area contributed by atoms with E-state index in [1.165, 1.54) is 17.3 Å². The lowest BCUT2D eigenvalue weighted by atomic mass is 10.2. The molecule has 158 valence electrons. The minimum Gasteiger partial charge on any atom is -0.497 e. The number of hydrogen-bond donors (Lipinski definition) is 1. The van der Waals surface area contributed by atoms with Crippen molar-refractivity contribution < 1.29 is 14.3 Å². The molecule has 0 saturated carbocycles. The molecular formula is C24H23N3O3S. The number of nitrogens with one attached hydrogen (secondary N) is 1. The Kier molecular flexibility index (Phi) is 6.43. The van der Waals surface area contributed by atoms with Crippen LogP contribution in [-0.2, 0) is 11.3 Å². The van der Waals surface area contributed by atoms with Crippen LogP contribution in [-0.4, -0.2) is 35.4 Å². The fraction of sp³-hybridized carbons (Fsp3) is 0.167. The third kappa shape index (κ3) is 5.00. The SMILES string of the molecule is COc1ccc(Cn2ccc3c(SCC(=O)Nc4cccc(OC)c4)nccc32)cc1. The van der Waals surface area contributed by atoms with Crippen LogP contribution in [0.25, 0.3) is 10.9 Å². The molecule has 0 spiro atoms. The van der Waals surface area contributed by atoms with E-state index in [-0.39, 0.29) is 11.7 Å². The molecule has 1 amide bonds. The Balaban J connectivity index is 1.44. The molecular weight excluding hydrogens is 410 g/mol. The predicted octanol–water partition coefficient (Wildman–Crippen LogP) is 4.83. The van der Waals surface area contributed by atoms with E-state index in [2.05, 4.69) is 33.2 Å². The molecule has 2 aromatic heterocycles. The van der Waals surface area contributed by atoms with Crippen molar-refractivity contribution in [2.45, 2.75) is 11.6 Å². The van der Waals surface area contributed by atoms with Crippen LogP contribution in [0.2, 0.25) is 0 Å². The zero-order chi connectivity index (χ0) is 21.6. The molecule has 0 aliphatic rings. The van der Waals surface area contributed by atoms with Crippen molar-refractivity contribution in [3.05, 3.63) is 78.6 Å². The minimum atomic E-state index is -0.0882. The molecule has 7 heteroatoms. The Labute approximate surface area is 185 Å². The normalized spacial score (nSPS) is 10.8. The largest absolute Gasteiger partial charge is 0.497 e. The number of aromatic nitrogens is 2. The number of ether oxygens (including phenoxy) is 2. The maximum absolute atomic E-state index is 12.4. The van der Waals surface area contributed by atoms with Gasteiger partial charge in [-0.2, -0.15) is 0 Å². The van der Waals surface area contributed by atoms with Crippen molar-refractivity contribution in [3.8, 4) is 11.5 Å². The summed E-state index contributed by atoms with van der Waals surface area (Å²) in [6, 6.07) is 19.4. The number of hydrogen-bond acceptors (Lipinski definition) is 5. The first-order chi connectivity index (χ1) is 15.2. The van der Waals surface area contributed by atoms with Gasteiger partial charge >= 0.3 is 0 Å². The number of methoxy groups -OCH3 is 2. The molecule has 31 heavy (non-hydrogen) atoms. The summed E-state index contributed by atoms with van der Waals surface area (Å²) in [4.78, 5) is 16.9. The standard InChI is InChI=1S/C24H23N3O3S/c1-29-19-8-6-17(7-9-19)15-27-13-11-21-22(27)10-12-25-24(21)31-16-23(28)26-18-4-3-5-20(14-18)30-2/h3-14H,15-16H2,1-2H3,(H,26,28). The summed E-state index contributed by atoms with van der Waals surface area (Å²) >= 11 is 1.43. The number of fused-ring (bicyclic) bond motifs is 1. The third-order valence-electron chi connectivity index (χ3n) is 4.87. The van der Waals surface area contributed by atoms with Gasteiger partial charge in [0.1, 0.15) is 16.5 Å². The number of rotatable bonds is 8. The van der Waals surface area contributed by atoms with Gasteiger partial charge in [-0.3, -0.25) is 4.79 Å². The number of pyridine rings is 1. The molecule has 4 aromatic rings. The molecule has 4 rings (SSSR count). The molecule has 0 unspecified atom stereocenters. The molecule has 0 aliphatic carbocycles. The molecule has 1 N–H and O–H groups in total. The van der Waals surface area contributed by atoms with E-state index < -0.39 is 0 Å². The highest BCUT2D eigenvalue weighted by Crippen LogP contribution is 2.27. The highest BCUT2D eigenvalue weighted by Gasteiger charge is 2.11. The second kappa shape index (κ2) is 9.57. The topological polar surface area (TPSA) is 65.4 Å². The number of amides is 1. The summed E-state index contributed by atoms with van der Waals surface area (Å²) in [6.45, 7) is 0.748. The van der Waals surface area contributed by atoms with Gasteiger partial charge in [-0.15, -0.1) is 0 Å². The minimum absolute atomic E-state index is 0.0882. The maximum Gasteiger partial charge on any atom is 0.234 e. The van der Waals surface area contributed by atoms with Gasteiger partial charge in [0.2, 0.25) is 5.91 Å². The van der Waals surface area contributed by atoms with Gasteiger partial charge in [-0.1, -0.05) is 30.0 Å². The van der Waals surface area contributed by atoms with Crippen LogP contribution in [0.5, 0.6) is 11.5 Å². The first-order valence-electron chi connectivity index (χ1n) is 9.80. The lowest BCUT2D eigenvalue weighted by molar-refractivity contribution is -0.113. The summed E-state index contributed by atoms with van der Waals surface area (Å²) in [6.07, 6.45) is 3.84. The maximum atomic E-state index is 12.4. The van der Waals surface area contributed by atoms with E-state index in [0.29, 0.717) is 11.4 Å². The first-order valence-corrected chi connectivity index (χ1v) is 10.8. The fourth-order valence-corrected chi connectivity index (χ4v) is 4.11. The van der Waals surface area contributed by atoms with Crippen LogP contribution in [0.15, 0.2) is 78.1 Å². The van der Waals surface area contributed by atoms with Crippen LogP contribution in [0.3, 0.4) is 0 Å². The van der Waals surface area contributed by atoms with Crippen LogP contribution < -0.4 is 14.8 Å². The summed E-state index contributed by atoms with van der Waals surface area (Å²) in [5, 5.41) is 4.78. The average Bonchev–Trinajstić information content (AvgIpc) is 3.21. The van der Waals surface area contributed by atoms with Gasteiger partial charge in [0.25, 0.3) is 0 Å². The van der Waals surface area contributed by atoms with Crippen molar-refractivity contribution >= 4 is 34.3 Å². The van der Waals surface area contributed by atoms with E-state index in [9.17, 15) is 4.79 Å². The van der Waals surface area contributed by atoms with Crippen LogP contribution in [0.1, 0.15) is 5.56 Å². The summed E-state index contributed by atoms with van der Waals surface area (Å²) in [5.41, 5.74) is 2.98. The van der Waals surface area contributed by atoms with Crippen molar-refractivity contribution in [2.75, 3.05) is 25.3 Å². The Bertz CT molecular complexity index is 1190. The summed E-state index contributed by atoms with van der Waals surface area (Å²) < 4.78 is 12.6. The molecule has 2 aromatic carbocycles. The number of carbonyl (C=O) groups excluding carboxylic acids is 1. The number of benzene rings is 2. The van der Waals surface area contributed by atoms with Gasteiger partial charge in [-0.05, 0) is 42.0 Å². The highest BCUT2D eigenvalue weighted by molar-refractivity contribution is 8.00. The van der Waals surface area contributed by atoms with Crippen molar-refractivity contribution in [3.63, 3.8) is 0 Å². The zero-order valence-electron chi connectivity index (χ0n) is 17.4. The smallest absolute Gasteiger partial charge is 0.234 e. The second-order valence-corrected chi connectivity index (χ2v) is 7.87. The average molecular weight is 434 g/mol. The molecule has 2 heterocycles. The number of carbonyl (C=O) groups is 1. The van der Waals surface area contributed by atoms with Gasteiger partial charge in [0.15, 0.2) is 0 Å². The number of nitrogens with zero attached hydrogens (tertiary/aromatic N) is 2. The molecule has 0 atom stereocenters. The quantitative estimate of drug-likeness (QED) is 0.403. The Morgan fingerprint density at radius 3 is 2.61 bits per heavy atom. The van der Waals surface area contributed by atoms with Crippen LogP contribution >= 0.6 is 11.8 Å². The molecule has 0 bridgehead atoms. The molecule has 0 radical (unpaired) electrons. The van der Waals surface area contributed by atoms with Gasteiger partial charge in [0, 0.05) is 36.1 Å². The monoisotopic (exact) mass is 433 g/mol. The van der Waals surface area contributed by atoms with E-state index in [1.54, 1.807) is 26.5 Å².